The third kappa shape index (κ3) is 5.23. The Morgan fingerprint density at radius 2 is 1.79 bits per heavy atom. The first kappa shape index (κ1) is 16.0. The molecule has 104 valence electrons. The minimum atomic E-state index is -0.309. The predicted molar refractivity (Wildman–Crippen MR) is 77.9 cm³/mol. The van der Waals surface area contributed by atoms with Gasteiger partial charge in [-0.25, -0.2) is 0 Å². The summed E-state index contributed by atoms with van der Waals surface area (Å²) in [5, 5.41) is 8.96. The molecule has 0 aliphatic rings. The van der Waals surface area contributed by atoms with Crippen LogP contribution in [0.1, 0.15) is 32.1 Å². The zero-order valence-electron chi connectivity index (χ0n) is 12.0. The number of hydrogen-bond acceptors (Lipinski definition) is 4. The van der Waals surface area contributed by atoms with E-state index in [0.29, 0.717) is 0 Å². The Kier molecular flexibility index (Phi) is 6.36. The van der Waals surface area contributed by atoms with Gasteiger partial charge >= 0.3 is 0 Å². The van der Waals surface area contributed by atoms with E-state index in [1.165, 1.54) is 4.90 Å². The minimum absolute atomic E-state index is 0.246. The molecule has 4 heteroatoms. The van der Waals surface area contributed by atoms with Gasteiger partial charge in [0.05, 0.1) is 11.5 Å². The lowest BCUT2D eigenvalue weighted by Crippen LogP contribution is -2.08. The van der Waals surface area contributed by atoms with Gasteiger partial charge in [-0.2, -0.15) is 5.26 Å². The molecule has 1 rings (SSSR count). The molecular formula is C15H21NO2S. The molecule has 0 fully saturated rings. The summed E-state index contributed by atoms with van der Waals surface area (Å²) in [6.07, 6.45) is 0.575. The monoisotopic (exact) mass is 279 g/mol. The second-order valence-corrected chi connectivity index (χ2v) is 6.13. The van der Waals surface area contributed by atoms with Crippen LogP contribution in [-0.4, -0.2) is 20.0 Å². The number of thioether (sulfide) groups is 1. The molecule has 0 bridgehead atoms. The molecule has 0 N–H and O–H groups in total. The zero-order valence-corrected chi connectivity index (χ0v) is 12.8. The average Bonchev–Trinajstić information content (AvgIpc) is 2.42. The first-order valence-corrected chi connectivity index (χ1v) is 7.20. The quantitative estimate of drug-likeness (QED) is 0.558. The van der Waals surface area contributed by atoms with Gasteiger partial charge in [0, 0.05) is 24.7 Å². The summed E-state index contributed by atoms with van der Waals surface area (Å²) in [5.74, 6) is 0.942. The molecule has 19 heavy (non-hydrogen) atoms. The van der Waals surface area contributed by atoms with Crippen molar-refractivity contribution in [1.29, 1.82) is 5.26 Å². The van der Waals surface area contributed by atoms with E-state index >= 15 is 0 Å². The number of methoxy groups -OCH3 is 2. The highest BCUT2D eigenvalue weighted by atomic mass is 32.2. The van der Waals surface area contributed by atoms with Crippen molar-refractivity contribution < 1.29 is 9.47 Å². The molecule has 1 aromatic rings. The lowest BCUT2D eigenvalue weighted by atomic mass is 9.93. The molecule has 0 atom stereocenters. The summed E-state index contributed by atoms with van der Waals surface area (Å²) in [5.41, 5.74) is 0.760. The molecule has 1 aromatic carbocycles. The first-order valence-electron chi connectivity index (χ1n) is 6.22. The predicted octanol–water partition coefficient (Wildman–Crippen LogP) is 4.01. The molecular weight excluding hydrogens is 258 g/mol. The fourth-order valence-electron chi connectivity index (χ4n) is 1.57. The van der Waals surface area contributed by atoms with Gasteiger partial charge in [0.1, 0.15) is 0 Å². The normalized spacial score (nSPS) is 11.6. The SMILES string of the molecule is COC(OC)c1ccc(SCCC(C)(C)C#N)cc1. The second-order valence-electron chi connectivity index (χ2n) is 4.97. The summed E-state index contributed by atoms with van der Waals surface area (Å²) in [4.78, 5) is 1.20. The minimum Gasteiger partial charge on any atom is -0.352 e. The van der Waals surface area contributed by atoms with Crippen LogP contribution in [0.4, 0.5) is 0 Å². The highest BCUT2D eigenvalue weighted by molar-refractivity contribution is 7.99. The van der Waals surface area contributed by atoms with Gasteiger partial charge in [0.25, 0.3) is 0 Å². The first-order chi connectivity index (χ1) is 9.02. The molecule has 0 saturated heterocycles. The molecule has 0 heterocycles. The molecule has 3 nitrogen and oxygen atoms in total. The van der Waals surface area contributed by atoms with Crippen molar-refractivity contribution in [3.8, 4) is 6.07 Å². The van der Waals surface area contributed by atoms with Crippen molar-refractivity contribution in [2.45, 2.75) is 31.5 Å². The van der Waals surface area contributed by atoms with Crippen LogP contribution in [-0.2, 0) is 9.47 Å². The molecule has 0 radical (unpaired) electrons. The molecule has 0 saturated carbocycles. The maximum Gasteiger partial charge on any atom is 0.183 e. The van der Waals surface area contributed by atoms with Crippen molar-refractivity contribution in [3.05, 3.63) is 29.8 Å². The average molecular weight is 279 g/mol. The highest BCUT2D eigenvalue weighted by Gasteiger charge is 2.16. The molecule has 0 unspecified atom stereocenters. The van der Waals surface area contributed by atoms with E-state index in [1.807, 2.05) is 26.0 Å². The van der Waals surface area contributed by atoms with Crippen LogP contribution >= 0.6 is 11.8 Å². The summed E-state index contributed by atoms with van der Waals surface area (Å²) in [6, 6.07) is 10.5. The van der Waals surface area contributed by atoms with Gasteiger partial charge in [0.2, 0.25) is 0 Å². The topological polar surface area (TPSA) is 42.2 Å². The maximum absolute atomic E-state index is 8.96. The van der Waals surface area contributed by atoms with Crippen molar-refractivity contribution in [2.75, 3.05) is 20.0 Å². The van der Waals surface area contributed by atoms with E-state index in [9.17, 15) is 0 Å². The Balaban J connectivity index is 2.51. The van der Waals surface area contributed by atoms with E-state index in [4.69, 9.17) is 14.7 Å². The molecule has 0 amide bonds. The number of nitriles is 1. The van der Waals surface area contributed by atoms with E-state index in [0.717, 1.165) is 17.7 Å². The Morgan fingerprint density at radius 3 is 2.26 bits per heavy atom. The third-order valence-corrected chi connectivity index (χ3v) is 3.89. The Morgan fingerprint density at radius 1 is 1.21 bits per heavy atom. The van der Waals surface area contributed by atoms with Crippen molar-refractivity contribution in [1.82, 2.24) is 0 Å². The molecule has 0 aromatic heterocycles. The standard InChI is InChI=1S/C15H21NO2S/c1-15(2,11-16)9-10-19-13-7-5-12(6-8-13)14(17-3)18-4/h5-8,14H,9-10H2,1-4H3. The van der Waals surface area contributed by atoms with Gasteiger partial charge in [-0.3, -0.25) is 0 Å². The van der Waals surface area contributed by atoms with E-state index in [2.05, 4.69) is 18.2 Å². The van der Waals surface area contributed by atoms with Gasteiger partial charge in [0.15, 0.2) is 6.29 Å². The fourth-order valence-corrected chi connectivity index (χ4v) is 2.75. The number of hydrogen-bond donors (Lipinski definition) is 0. The number of benzene rings is 1. The lowest BCUT2D eigenvalue weighted by molar-refractivity contribution is -0.106. The van der Waals surface area contributed by atoms with Crippen LogP contribution < -0.4 is 0 Å². The van der Waals surface area contributed by atoms with Crippen LogP contribution in [0.5, 0.6) is 0 Å². The number of ether oxygens (including phenoxy) is 2. The van der Waals surface area contributed by atoms with Gasteiger partial charge in [-0.15, -0.1) is 11.8 Å². The second kappa shape index (κ2) is 7.54. The van der Waals surface area contributed by atoms with Crippen LogP contribution in [0.3, 0.4) is 0 Å². The van der Waals surface area contributed by atoms with E-state index < -0.39 is 0 Å². The molecule has 0 aliphatic heterocycles. The largest absolute Gasteiger partial charge is 0.352 e. The van der Waals surface area contributed by atoms with Crippen molar-refractivity contribution in [2.24, 2.45) is 5.41 Å². The summed E-state index contributed by atoms with van der Waals surface area (Å²) in [7, 11) is 3.25. The lowest BCUT2D eigenvalue weighted by Gasteiger charge is -2.15. The van der Waals surface area contributed by atoms with Gasteiger partial charge < -0.3 is 9.47 Å². The van der Waals surface area contributed by atoms with Crippen LogP contribution in [0, 0.1) is 16.7 Å². The van der Waals surface area contributed by atoms with Crippen LogP contribution in [0.25, 0.3) is 0 Å². The van der Waals surface area contributed by atoms with E-state index in [-0.39, 0.29) is 11.7 Å². The van der Waals surface area contributed by atoms with Gasteiger partial charge in [-0.05, 0) is 38.2 Å². The van der Waals surface area contributed by atoms with Gasteiger partial charge in [-0.1, -0.05) is 12.1 Å². The Bertz CT molecular complexity index is 419. The highest BCUT2D eigenvalue weighted by Crippen LogP contribution is 2.27. The van der Waals surface area contributed by atoms with Crippen molar-refractivity contribution >= 4 is 11.8 Å². The molecule has 0 aliphatic carbocycles. The van der Waals surface area contributed by atoms with E-state index in [1.54, 1.807) is 26.0 Å². The smallest absolute Gasteiger partial charge is 0.183 e. The third-order valence-electron chi connectivity index (χ3n) is 2.88. The summed E-state index contributed by atoms with van der Waals surface area (Å²) >= 11 is 1.77. The number of rotatable bonds is 7. The maximum atomic E-state index is 8.96. The summed E-state index contributed by atoms with van der Waals surface area (Å²) in [6.45, 7) is 3.94. The Hall–Kier alpha value is -1.02. The van der Waals surface area contributed by atoms with Crippen LogP contribution in [0.2, 0.25) is 0 Å². The zero-order chi connectivity index (χ0) is 14.3. The van der Waals surface area contributed by atoms with Crippen molar-refractivity contribution in [3.63, 3.8) is 0 Å². The van der Waals surface area contributed by atoms with Crippen LogP contribution in [0.15, 0.2) is 29.2 Å². The fraction of sp³-hybridized carbons (Fsp3) is 0.533. The molecule has 0 spiro atoms. The number of nitrogens with zero attached hydrogens (tertiary/aromatic N) is 1. The Labute approximate surface area is 119 Å². The summed E-state index contributed by atoms with van der Waals surface area (Å²) < 4.78 is 10.4.